The fourth-order valence-corrected chi connectivity index (χ4v) is 2.94. The molecule has 2 aromatic carbocycles. The highest BCUT2D eigenvalue weighted by molar-refractivity contribution is 5.89. The van der Waals surface area contributed by atoms with Crippen LogP contribution < -0.4 is 10.1 Å². The minimum Gasteiger partial charge on any atom is -0.497 e. The third kappa shape index (κ3) is 3.59. The Morgan fingerprint density at radius 1 is 1.12 bits per heavy atom. The first kappa shape index (κ1) is 16.1. The van der Waals surface area contributed by atoms with Gasteiger partial charge < -0.3 is 14.6 Å². The molecule has 1 amide bonds. The van der Waals surface area contributed by atoms with E-state index < -0.39 is 0 Å². The van der Waals surface area contributed by atoms with Crippen LogP contribution in [0.5, 0.6) is 5.75 Å². The van der Waals surface area contributed by atoms with Gasteiger partial charge in [0.25, 0.3) is 0 Å². The van der Waals surface area contributed by atoms with Crippen LogP contribution in [0.3, 0.4) is 0 Å². The smallest absolute Gasteiger partial charge is 0.224 e. The maximum atomic E-state index is 12.2. The lowest BCUT2D eigenvalue weighted by atomic mass is 10.1. The molecule has 0 fully saturated rings. The summed E-state index contributed by atoms with van der Waals surface area (Å²) in [6, 6.07) is 16.1. The third-order valence-electron chi connectivity index (χ3n) is 4.23. The number of carbonyl (C=O) groups excluding carboxylic acids is 1. The van der Waals surface area contributed by atoms with Crippen LogP contribution in [0, 0.1) is 0 Å². The minimum atomic E-state index is 0.0554. The number of hydrogen-bond donors (Lipinski definition) is 1. The number of carbonyl (C=O) groups is 1. The number of ether oxygens (including phenoxy) is 1. The highest BCUT2D eigenvalue weighted by Gasteiger charge is 2.10. The van der Waals surface area contributed by atoms with Crippen molar-refractivity contribution in [2.45, 2.75) is 12.8 Å². The standard InChI is InChI=1S/C20H22N2O2/c1-22-14-16(18-5-3-4-6-19(18)22)13-20(23)21-12-11-15-7-9-17(24-2)10-8-15/h3-10,14H,11-13H2,1-2H3,(H,21,23). The van der Waals surface area contributed by atoms with Gasteiger partial charge in [0, 0.05) is 30.7 Å². The molecule has 0 spiro atoms. The lowest BCUT2D eigenvalue weighted by Gasteiger charge is -2.06. The second-order valence-electron chi connectivity index (χ2n) is 5.91. The number of amides is 1. The van der Waals surface area contributed by atoms with Crippen molar-refractivity contribution in [1.82, 2.24) is 9.88 Å². The fraction of sp³-hybridized carbons (Fsp3) is 0.250. The van der Waals surface area contributed by atoms with Crippen LogP contribution in [0.15, 0.2) is 54.7 Å². The summed E-state index contributed by atoms with van der Waals surface area (Å²) in [6.07, 6.45) is 3.25. The van der Waals surface area contributed by atoms with Crippen molar-refractivity contribution in [2.75, 3.05) is 13.7 Å². The summed E-state index contributed by atoms with van der Waals surface area (Å²) >= 11 is 0. The van der Waals surface area contributed by atoms with Crippen molar-refractivity contribution in [3.8, 4) is 5.75 Å². The van der Waals surface area contributed by atoms with Gasteiger partial charge in [-0.05, 0) is 35.7 Å². The van der Waals surface area contributed by atoms with Crippen molar-refractivity contribution in [2.24, 2.45) is 7.05 Å². The average Bonchev–Trinajstić information content (AvgIpc) is 2.92. The fourth-order valence-electron chi connectivity index (χ4n) is 2.94. The van der Waals surface area contributed by atoms with Crippen LogP contribution in [0.1, 0.15) is 11.1 Å². The summed E-state index contributed by atoms with van der Waals surface area (Å²) in [7, 11) is 3.66. The number of methoxy groups -OCH3 is 1. The Morgan fingerprint density at radius 2 is 1.88 bits per heavy atom. The zero-order chi connectivity index (χ0) is 16.9. The van der Waals surface area contributed by atoms with E-state index in [1.807, 2.05) is 49.6 Å². The zero-order valence-electron chi connectivity index (χ0n) is 14.1. The van der Waals surface area contributed by atoms with Gasteiger partial charge in [0.2, 0.25) is 5.91 Å². The molecule has 1 aromatic heterocycles. The molecule has 0 bridgehead atoms. The predicted octanol–water partition coefficient (Wildman–Crippen LogP) is 3.09. The van der Waals surface area contributed by atoms with Crippen molar-refractivity contribution in [3.63, 3.8) is 0 Å². The third-order valence-corrected chi connectivity index (χ3v) is 4.23. The molecule has 0 aliphatic rings. The molecule has 0 atom stereocenters. The van der Waals surface area contributed by atoms with Gasteiger partial charge >= 0.3 is 0 Å². The van der Waals surface area contributed by atoms with E-state index in [4.69, 9.17) is 4.74 Å². The topological polar surface area (TPSA) is 43.3 Å². The number of aromatic nitrogens is 1. The maximum Gasteiger partial charge on any atom is 0.224 e. The number of hydrogen-bond acceptors (Lipinski definition) is 2. The van der Waals surface area contributed by atoms with Crippen molar-refractivity contribution < 1.29 is 9.53 Å². The van der Waals surface area contributed by atoms with Gasteiger partial charge in [-0.1, -0.05) is 30.3 Å². The molecule has 0 aliphatic carbocycles. The van der Waals surface area contributed by atoms with E-state index in [2.05, 4.69) is 22.0 Å². The molecule has 3 rings (SSSR count). The molecule has 0 saturated carbocycles. The lowest BCUT2D eigenvalue weighted by Crippen LogP contribution is -2.27. The first-order chi connectivity index (χ1) is 11.7. The van der Waals surface area contributed by atoms with Crippen LogP contribution in [0.4, 0.5) is 0 Å². The van der Waals surface area contributed by atoms with Crippen LogP contribution in [0.2, 0.25) is 0 Å². The Balaban J connectivity index is 1.55. The van der Waals surface area contributed by atoms with Gasteiger partial charge in [0.15, 0.2) is 0 Å². The highest BCUT2D eigenvalue weighted by Crippen LogP contribution is 2.20. The summed E-state index contributed by atoms with van der Waals surface area (Å²) in [4.78, 5) is 12.2. The van der Waals surface area contributed by atoms with Crippen LogP contribution in [-0.4, -0.2) is 24.1 Å². The highest BCUT2D eigenvalue weighted by atomic mass is 16.5. The Bertz CT molecular complexity index is 834. The van der Waals surface area contributed by atoms with E-state index in [0.717, 1.165) is 28.6 Å². The molecule has 24 heavy (non-hydrogen) atoms. The van der Waals surface area contributed by atoms with E-state index >= 15 is 0 Å². The Morgan fingerprint density at radius 3 is 2.62 bits per heavy atom. The number of fused-ring (bicyclic) bond motifs is 1. The van der Waals surface area contributed by atoms with Crippen molar-refractivity contribution >= 4 is 16.8 Å². The van der Waals surface area contributed by atoms with Crippen LogP contribution in [-0.2, 0) is 24.7 Å². The van der Waals surface area contributed by atoms with Gasteiger partial charge in [-0.2, -0.15) is 0 Å². The van der Waals surface area contributed by atoms with Gasteiger partial charge in [0.1, 0.15) is 5.75 Å². The molecular weight excluding hydrogens is 300 g/mol. The number of aryl methyl sites for hydroxylation is 1. The van der Waals surface area contributed by atoms with Gasteiger partial charge in [-0.15, -0.1) is 0 Å². The largest absolute Gasteiger partial charge is 0.497 e. The summed E-state index contributed by atoms with van der Waals surface area (Å²) in [5, 5.41) is 4.15. The second kappa shape index (κ2) is 7.21. The Hall–Kier alpha value is -2.75. The molecule has 0 aliphatic heterocycles. The van der Waals surface area contributed by atoms with Gasteiger partial charge in [0.05, 0.1) is 13.5 Å². The molecule has 0 unspecified atom stereocenters. The predicted molar refractivity (Wildman–Crippen MR) is 96.3 cm³/mol. The zero-order valence-corrected chi connectivity index (χ0v) is 14.1. The monoisotopic (exact) mass is 322 g/mol. The minimum absolute atomic E-state index is 0.0554. The van der Waals surface area contributed by atoms with Crippen molar-refractivity contribution in [3.05, 3.63) is 65.9 Å². The molecule has 1 N–H and O–H groups in total. The SMILES string of the molecule is COc1ccc(CCNC(=O)Cc2cn(C)c3ccccc23)cc1. The van der Waals surface area contributed by atoms with E-state index in [-0.39, 0.29) is 5.91 Å². The molecule has 0 saturated heterocycles. The molecular formula is C20H22N2O2. The van der Waals surface area contributed by atoms with E-state index in [0.29, 0.717) is 13.0 Å². The number of nitrogens with zero attached hydrogens (tertiary/aromatic N) is 1. The van der Waals surface area contributed by atoms with E-state index in [1.165, 1.54) is 5.56 Å². The molecule has 124 valence electrons. The van der Waals surface area contributed by atoms with Gasteiger partial charge in [-0.25, -0.2) is 0 Å². The quantitative estimate of drug-likeness (QED) is 0.758. The number of nitrogens with one attached hydrogen (secondary N) is 1. The summed E-state index contributed by atoms with van der Waals surface area (Å²) in [6.45, 7) is 0.635. The average molecular weight is 322 g/mol. The first-order valence-electron chi connectivity index (χ1n) is 8.10. The first-order valence-corrected chi connectivity index (χ1v) is 8.10. The van der Waals surface area contributed by atoms with Crippen molar-refractivity contribution in [1.29, 1.82) is 0 Å². The summed E-state index contributed by atoms with van der Waals surface area (Å²) in [5.74, 6) is 0.901. The molecule has 4 heteroatoms. The van der Waals surface area contributed by atoms with E-state index in [1.54, 1.807) is 7.11 Å². The Kier molecular flexibility index (Phi) is 4.85. The summed E-state index contributed by atoms with van der Waals surface area (Å²) < 4.78 is 7.21. The normalized spacial score (nSPS) is 10.8. The molecule has 0 radical (unpaired) electrons. The number of para-hydroxylation sites is 1. The second-order valence-corrected chi connectivity index (χ2v) is 5.91. The lowest BCUT2D eigenvalue weighted by molar-refractivity contribution is -0.120. The van der Waals surface area contributed by atoms with Crippen LogP contribution >= 0.6 is 0 Å². The number of rotatable bonds is 6. The summed E-state index contributed by atoms with van der Waals surface area (Å²) in [5.41, 5.74) is 3.40. The van der Waals surface area contributed by atoms with Crippen LogP contribution in [0.25, 0.3) is 10.9 Å². The van der Waals surface area contributed by atoms with E-state index in [9.17, 15) is 4.79 Å². The molecule has 1 heterocycles. The Labute approximate surface area is 142 Å². The van der Waals surface area contributed by atoms with Gasteiger partial charge in [-0.3, -0.25) is 4.79 Å². The molecule has 4 nitrogen and oxygen atoms in total. The number of benzene rings is 2. The molecule has 3 aromatic rings. The maximum absolute atomic E-state index is 12.2.